The van der Waals surface area contributed by atoms with Gasteiger partial charge in [-0.3, -0.25) is 0 Å². The zero-order chi connectivity index (χ0) is 14.1. The van der Waals surface area contributed by atoms with Crippen LogP contribution >= 0.6 is 0 Å². The third-order valence-electron chi connectivity index (χ3n) is 0.421. The van der Waals surface area contributed by atoms with Crippen molar-refractivity contribution in [2.45, 2.75) is 6.10 Å². The van der Waals surface area contributed by atoms with E-state index in [0.717, 1.165) is 0 Å². The van der Waals surface area contributed by atoms with Crippen LogP contribution in [0, 0.1) is 0 Å². The third-order valence-corrected chi connectivity index (χ3v) is 0.421. The van der Waals surface area contributed by atoms with E-state index in [4.69, 9.17) is 45.3 Å². The summed E-state index contributed by atoms with van der Waals surface area (Å²) in [7, 11) is 0. The second kappa shape index (κ2) is 23.2. The molecule has 0 radical (unpaired) electrons. The van der Waals surface area contributed by atoms with E-state index in [-0.39, 0.29) is 13.2 Å². The Labute approximate surface area is 91.1 Å². The lowest BCUT2D eigenvalue weighted by Gasteiger charge is -1.96. The monoisotopic (exact) mass is 244 g/mol. The highest BCUT2D eigenvalue weighted by Gasteiger charge is 1.93. The normalized spacial score (nSPS) is 7.00. The SMILES string of the molecule is C=C.O=C(O)O.O=C(O)O.OCC(O)CO. The summed E-state index contributed by atoms with van der Waals surface area (Å²) in [6.45, 7) is 5.27. The highest BCUT2D eigenvalue weighted by Crippen LogP contribution is 1.71. The zero-order valence-corrected chi connectivity index (χ0v) is 8.35. The number of hydrogen-bond donors (Lipinski definition) is 7. The van der Waals surface area contributed by atoms with Gasteiger partial charge in [0.1, 0.15) is 6.10 Å². The first kappa shape index (κ1) is 23.8. The van der Waals surface area contributed by atoms with Crippen molar-refractivity contribution in [3.05, 3.63) is 13.2 Å². The van der Waals surface area contributed by atoms with Gasteiger partial charge < -0.3 is 35.7 Å². The van der Waals surface area contributed by atoms with E-state index in [9.17, 15) is 0 Å². The fraction of sp³-hybridized carbons (Fsp3) is 0.429. The van der Waals surface area contributed by atoms with Gasteiger partial charge in [0.15, 0.2) is 0 Å². The number of carboxylic acid groups (broad SMARTS) is 4. The Balaban J connectivity index is -0.0000000643. The topological polar surface area (TPSA) is 176 Å². The number of aliphatic hydroxyl groups excluding tert-OH is 3. The Morgan fingerprint density at radius 2 is 1.00 bits per heavy atom. The molecular weight excluding hydrogens is 228 g/mol. The van der Waals surface area contributed by atoms with Crippen LogP contribution in [0.4, 0.5) is 9.59 Å². The molecule has 0 aromatic carbocycles. The molecule has 0 bridgehead atoms. The summed E-state index contributed by atoms with van der Waals surface area (Å²) < 4.78 is 0. The van der Waals surface area contributed by atoms with Crippen LogP contribution in [-0.4, -0.2) is 67.4 Å². The van der Waals surface area contributed by atoms with Gasteiger partial charge in [0.05, 0.1) is 13.2 Å². The van der Waals surface area contributed by atoms with Crippen molar-refractivity contribution in [1.82, 2.24) is 0 Å². The quantitative estimate of drug-likeness (QED) is 0.318. The second-order valence-corrected chi connectivity index (χ2v) is 1.58. The molecule has 0 spiro atoms. The van der Waals surface area contributed by atoms with Crippen LogP contribution in [0.5, 0.6) is 0 Å². The van der Waals surface area contributed by atoms with Gasteiger partial charge in [0.2, 0.25) is 0 Å². The summed E-state index contributed by atoms with van der Waals surface area (Å²) in [5.74, 6) is 0. The van der Waals surface area contributed by atoms with Crippen molar-refractivity contribution in [1.29, 1.82) is 0 Å². The average molecular weight is 244 g/mol. The van der Waals surface area contributed by atoms with Crippen LogP contribution < -0.4 is 0 Å². The van der Waals surface area contributed by atoms with Gasteiger partial charge in [-0.2, -0.15) is 0 Å². The van der Waals surface area contributed by atoms with Crippen LogP contribution in [0.15, 0.2) is 13.2 Å². The highest BCUT2D eigenvalue weighted by molar-refractivity contribution is 5.53. The van der Waals surface area contributed by atoms with Crippen LogP contribution in [0.25, 0.3) is 0 Å². The summed E-state index contributed by atoms with van der Waals surface area (Å²) in [6, 6.07) is 0. The molecule has 0 aliphatic carbocycles. The van der Waals surface area contributed by atoms with Crippen LogP contribution in [0.3, 0.4) is 0 Å². The lowest BCUT2D eigenvalue weighted by molar-refractivity contribution is 0.0450. The Kier molecular flexibility index (Phi) is 34.4. The standard InChI is InChI=1S/C3H8O3.C2H4.2CH2O3/c4-1-3(6)2-5;1-2;2*2-1(3)4/h3-6H,1-2H2;1-2H2;2*(H2,2,3,4). The number of rotatable bonds is 2. The molecule has 9 heteroatoms. The first-order valence-electron chi connectivity index (χ1n) is 3.51. The van der Waals surface area contributed by atoms with Crippen molar-refractivity contribution in [2.75, 3.05) is 13.2 Å². The maximum absolute atomic E-state index is 8.56. The molecule has 0 atom stereocenters. The minimum atomic E-state index is -1.83. The van der Waals surface area contributed by atoms with Gasteiger partial charge in [0, 0.05) is 0 Å². The fourth-order valence-electron chi connectivity index (χ4n) is 0.0577. The maximum atomic E-state index is 8.56. The molecule has 0 unspecified atom stereocenters. The highest BCUT2D eigenvalue weighted by atomic mass is 16.6. The predicted octanol–water partition coefficient (Wildman–Crippen LogP) is -0.421. The number of hydrogen-bond acceptors (Lipinski definition) is 5. The molecule has 0 saturated carbocycles. The predicted molar refractivity (Wildman–Crippen MR) is 52.7 cm³/mol. The van der Waals surface area contributed by atoms with E-state index < -0.39 is 18.4 Å². The lowest BCUT2D eigenvalue weighted by atomic mass is 10.4. The molecule has 0 aliphatic heterocycles. The maximum Gasteiger partial charge on any atom is 0.503 e. The Bertz CT molecular complexity index is 134. The Hall–Kier alpha value is -1.84. The van der Waals surface area contributed by atoms with E-state index in [1.54, 1.807) is 0 Å². The molecule has 98 valence electrons. The largest absolute Gasteiger partial charge is 0.503 e. The van der Waals surface area contributed by atoms with E-state index in [2.05, 4.69) is 13.2 Å². The fourth-order valence-corrected chi connectivity index (χ4v) is 0.0577. The third kappa shape index (κ3) is 325. The van der Waals surface area contributed by atoms with Crippen molar-refractivity contribution in [2.24, 2.45) is 0 Å². The first-order chi connectivity index (χ1) is 7.27. The van der Waals surface area contributed by atoms with Gasteiger partial charge in [-0.25, -0.2) is 9.59 Å². The van der Waals surface area contributed by atoms with E-state index >= 15 is 0 Å². The lowest BCUT2D eigenvalue weighted by Crippen LogP contribution is -2.15. The summed E-state index contributed by atoms with van der Waals surface area (Å²) >= 11 is 0. The smallest absolute Gasteiger partial charge is 0.450 e. The molecule has 9 nitrogen and oxygen atoms in total. The minimum Gasteiger partial charge on any atom is -0.450 e. The molecule has 0 saturated heterocycles. The van der Waals surface area contributed by atoms with E-state index in [1.807, 2.05) is 0 Å². The second-order valence-electron chi connectivity index (χ2n) is 1.58. The minimum absolute atomic E-state index is 0.365. The Morgan fingerprint density at radius 3 is 1.00 bits per heavy atom. The molecule has 0 amide bonds. The molecule has 0 heterocycles. The molecule has 16 heavy (non-hydrogen) atoms. The van der Waals surface area contributed by atoms with Crippen LogP contribution in [0.2, 0.25) is 0 Å². The molecule has 0 rings (SSSR count). The summed E-state index contributed by atoms with van der Waals surface area (Å²) in [5.41, 5.74) is 0. The summed E-state index contributed by atoms with van der Waals surface area (Å²) in [4.78, 5) is 17.1. The van der Waals surface area contributed by atoms with Crippen molar-refractivity contribution >= 4 is 12.3 Å². The summed E-state index contributed by atoms with van der Waals surface area (Å²) in [5, 5.41) is 51.9. The molecular formula is C7H16O9. The molecule has 0 aliphatic rings. The molecule has 0 fully saturated rings. The van der Waals surface area contributed by atoms with Gasteiger partial charge >= 0.3 is 12.3 Å². The molecule has 0 aromatic rings. The van der Waals surface area contributed by atoms with Gasteiger partial charge in [-0.15, -0.1) is 13.2 Å². The van der Waals surface area contributed by atoms with E-state index in [0.29, 0.717) is 0 Å². The van der Waals surface area contributed by atoms with Gasteiger partial charge in [-0.1, -0.05) is 0 Å². The van der Waals surface area contributed by atoms with Gasteiger partial charge in [0.25, 0.3) is 0 Å². The van der Waals surface area contributed by atoms with Crippen molar-refractivity contribution in [3.8, 4) is 0 Å². The van der Waals surface area contributed by atoms with Gasteiger partial charge in [-0.05, 0) is 0 Å². The molecule has 0 aromatic heterocycles. The number of aliphatic hydroxyl groups is 3. The van der Waals surface area contributed by atoms with Crippen LogP contribution in [-0.2, 0) is 0 Å². The van der Waals surface area contributed by atoms with Crippen molar-refractivity contribution in [3.63, 3.8) is 0 Å². The van der Waals surface area contributed by atoms with E-state index in [1.165, 1.54) is 0 Å². The zero-order valence-electron chi connectivity index (χ0n) is 8.35. The average Bonchev–Trinajstić information content (AvgIpc) is 2.18. The Morgan fingerprint density at radius 1 is 0.875 bits per heavy atom. The first-order valence-corrected chi connectivity index (χ1v) is 3.51. The summed E-state index contributed by atoms with van der Waals surface area (Å²) in [6.07, 6.45) is -4.62. The van der Waals surface area contributed by atoms with Crippen LogP contribution in [0.1, 0.15) is 0 Å². The number of carbonyl (C=O) groups is 2. The van der Waals surface area contributed by atoms with Crippen molar-refractivity contribution < 1.29 is 45.3 Å². The molecule has 7 N–H and O–H groups in total.